The normalized spacial score (nSPS) is 12.3. The van der Waals surface area contributed by atoms with Crippen molar-refractivity contribution in [2.75, 3.05) is 5.75 Å². The first-order valence-corrected chi connectivity index (χ1v) is 11.4. The smallest absolute Gasteiger partial charge is 0.220 e. The molecule has 1 N–H and O–H groups in total. The lowest BCUT2D eigenvalue weighted by Gasteiger charge is -2.17. The number of para-hydroxylation sites is 1. The van der Waals surface area contributed by atoms with Crippen LogP contribution in [0.1, 0.15) is 33.6 Å². The Hall–Kier alpha value is -2.12. The van der Waals surface area contributed by atoms with Crippen molar-refractivity contribution in [3.05, 3.63) is 47.8 Å². The zero-order valence-electron chi connectivity index (χ0n) is 16.5. The summed E-state index contributed by atoms with van der Waals surface area (Å²) in [7, 11) is 0. The van der Waals surface area contributed by atoms with Gasteiger partial charge < -0.3 is 5.32 Å². The van der Waals surface area contributed by atoms with Gasteiger partial charge in [-0.3, -0.25) is 9.36 Å². The Balaban J connectivity index is 1.65. The van der Waals surface area contributed by atoms with Gasteiger partial charge in [0.2, 0.25) is 5.91 Å². The largest absolute Gasteiger partial charge is 0.353 e. The van der Waals surface area contributed by atoms with E-state index in [2.05, 4.69) is 52.1 Å². The van der Waals surface area contributed by atoms with E-state index in [9.17, 15) is 4.79 Å². The third kappa shape index (κ3) is 5.23. The number of hydrogen-bond donors (Lipinski definition) is 1. The Morgan fingerprint density at radius 2 is 1.93 bits per heavy atom. The maximum atomic E-state index is 12.1. The monoisotopic (exact) mass is 414 g/mol. The molecule has 0 aliphatic rings. The number of amides is 1. The van der Waals surface area contributed by atoms with Crippen molar-refractivity contribution in [3.63, 3.8) is 0 Å². The molecule has 1 aromatic carbocycles. The zero-order valence-corrected chi connectivity index (χ0v) is 18.1. The van der Waals surface area contributed by atoms with Crippen LogP contribution in [-0.4, -0.2) is 32.5 Å². The fourth-order valence-corrected chi connectivity index (χ4v) is 4.22. The lowest BCUT2D eigenvalue weighted by atomic mass is 10.1. The molecule has 0 bridgehead atoms. The molecule has 0 spiro atoms. The number of benzene rings is 1. The van der Waals surface area contributed by atoms with E-state index in [4.69, 9.17) is 0 Å². The second-order valence-corrected chi connectivity index (χ2v) is 9.02. The molecule has 0 radical (unpaired) electrons. The molecule has 5 nitrogen and oxygen atoms in total. The third-order valence-corrected chi connectivity index (χ3v) is 6.44. The fraction of sp³-hybridized carbons (Fsp3) is 0.381. The van der Waals surface area contributed by atoms with E-state index in [1.54, 1.807) is 23.1 Å². The molecular weight excluding hydrogens is 388 g/mol. The molecule has 0 saturated heterocycles. The Labute approximate surface area is 174 Å². The van der Waals surface area contributed by atoms with Gasteiger partial charge in [-0.15, -0.1) is 21.5 Å². The molecule has 0 aliphatic heterocycles. The van der Waals surface area contributed by atoms with Crippen molar-refractivity contribution in [1.29, 1.82) is 0 Å². The summed E-state index contributed by atoms with van der Waals surface area (Å²) in [5.74, 6) is 2.23. The minimum atomic E-state index is 0.116. The molecule has 28 heavy (non-hydrogen) atoms. The van der Waals surface area contributed by atoms with E-state index < -0.39 is 0 Å². The third-order valence-electron chi connectivity index (χ3n) is 4.56. The number of nitrogens with one attached hydrogen (secondary N) is 1. The van der Waals surface area contributed by atoms with E-state index in [-0.39, 0.29) is 11.9 Å². The zero-order chi connectivity index (χ0) is 19.9. The van der Waals surface area contributed by atoms with Gasteiger partial charge in [0.1, 0.15) is 0 Å². The fourth-order valence-electron chi connectivity index (χ4n) is 2.63. The summed E-state index contributed by atoms with van der Waals surface area (Å²) in [6.45, 7) is 6.27. The van der Waals surface area contributed by atoms with Gasteiger partial charge in [-0.25, -0.2) is 0 Å². The number of carbonyl (C=O) groups is 1. The highest BCUT2D eigenvalue weighted by atomic mass is 32.2. The molecule has 0 aliphatic carbocycles. The Morgan fingerprint density at radius 3 is 2.61 bits per heavy atom. The SMILES string of the molecule is CC(C)C(C)NC(=O)CCCSc1nnc(-c2cccs2)n1-c1ccccc1. The number of carbonyl (C=O) groups excluding carboxylic acids is 1. The van der Waals surface area contributed by atoms with Gasteiger partial charge in [0.05, 0.1) is 4.88 Å². The molecule has 1 unspecified atom stereocenters. The van der Waals surface area contributed by atoms with Gasteiger partial charge in [0.15, 0.2) is 11.0 Å². The van der Waals surface area contributed by atoms with Crippen LogP contribution >= 0.6 is 23.1 Å². The molecular formula is C21H26N4OS2. The van der Waals surface area contributed by atoms with Crippen molar-refractivity contribution in [1.82, 2.24) is 20.1 Å². The van der Waals surface area contributed by atoms with Gasteiger partial charge in [0, 0.05) is 23.9 Å². The molecule has 1 atom stereocenters. The minimum absolute atomic E-state index is 0.116. The summed E-state index contributed by atoms with van der Waals surface area (Å²) in [4.78, 5) is 13.2. The molecule has 7 heteroatoms. The maximum Gasteiger partial charge on any atom is 0.220 e. The van der Waals surface area contributed by atoms with Crippen LogP contribution in [0.5, 0.6) is 0 Å². The molecule has 0 fully saturated rings. The summed E-state index contributed by atoms with van der Waals surface area (Å²) < 4.78 is 2.09. The van der Waals surface area contributed by atoms with Gasteiger partial charge in [-0.05, 0) is 42.8 Å². The summed E-state index contributed by atoms with van der Waals surface area (Å²) in [6.07, 6.45) is 1.33. The van der Waals surface area contributed by atoms with Crippen LogP contribution in [0.25, 0.3) is 16.4 Å². The lowest BCUT2D eigenvalue weighted by molar-refractivity contribution is -0.121. The first-order valence-electron chi connectivity index (χ1n) is 9.53. The first-order chi connectivity index (χ1) is 13.6. The van der Waals surface area contributed by atoms with Crippen LogP contribution in [0.15, 0.2) is 53.0 Å². The van der Waals surface area contributed by atoms with E-state index in [0.29, 0.717) is 12.3 Å². The Kier molecular flexibility index (Phi) is 7.28. The highest BCUT2D eigenvalue weighted by molar-refractivity contribution is 7.99. The summed E-state index contributed by atoms with van der Waals surface area (Å²) in [5, 5.41) is 14.8. The standard InChI is InChI=1S/C21H26N4OS2/c1-15(2)16(3)22-19(26)12-8-14-28-21-24-23-20(18-11-7-13-27-18)25(21)17-9-5-4-6-10-17/h4-7,9-11,13,15-16H,8,12,14H2,1-3H3,(H,22,26). The van der Waals surface area contributed by atoms with Crippen molar-refractivity contribution in [2.45, 2.75) is 44.8 Å². The molecule has 0 saturated carbocycles. The second-order valence-electron chi connectivity index (χ2n) is 7.01. The van der Waals surface area contributed by atoms with Crippen LogP contribution in [0.2, 0.25) is 0 Å². The van der Waals surface area contributed by atoms with Gasteiger partial charge in [0.25, 0.3) is 0 Å². The number of rotatable bonds is 9. The minimum Gasteiger partial charge on any atom is -0.353 e. The van der Waals surface area contributed by atoms with Crippen LogP contribution in [0, 0.1) is 5.92 Å². The van der Waals surface area contributed by atoms with Crippen LogP contribution in [-0.2, 0) is 4.79 Å². The molecule has 2 heterocycles. The Bertz CT molecular complexity index is 875. The number of hydrogen-bond acceptors (Lipinski definition) is 5. The quantitative estimate of drug-likeness (QED) is 0.394. The highest BCUT2D eigenvalue weighted by Gasteiger charge is 2.17. The average Bonchev–Trinajstić information content (AvgIpc) is 3.35. The average molecular weight is 415 g/mol. The number of thiophene rings is 1. The molecule has 3 aromatic rings. The van der Waals surface area contributed by atoms with Crippen LogP contribution < -0.4 is 5.32 Å². The predicted octanol–water partition coefficient (Wildman–Crippen LogP) is 5.03. The molecule has 3 rings (SSSR count). The van der Waals surface area contributed by atoms with E-state index in [0.717, 1.165) is 33.7 Å². The van der Waals surface area contributed by atoms with Gasteiger partial charge in [-0.2, -0.15) is 0 Å². The number of thioether (sulfide) groups is 1. The predicted molar refractivity (Wildman–Crippen MR) is 117 cm³/mol. The van der Waals surface area contributed by atoms with E-state index in [1.165, 1.54) is 0 Å². The topological polar surface area (TPSA) is 59.8 Å². The van der Waals surface area contributed by atoms with Crippen LogP contribution in [0.3, 0.4) is 0 Å². The van der Waals surface area contributed by atoms with Crippen molar-refractivity contribution in [2.24, 2.45) is 5.92 Å². The van der Waals surface area contributed by atoms with E-state index in [1.807, 2.05) is 36.6 Å². The number of aromatic nitrogens is 3. The van der Waals surface area contributed by atoms with Gasteiger partial charge >= 0.3 is 0 Å². The van der Waals surface area contributed by atoms with Crippen molar-refractivity contribution < 1.29 is 4.79 Å². The first kappa shape index (κ1) is 20.6. The second kappa shape index (κ2) is 9.89. The molecule has 1 amide bonds. The molecule has 2 aromatic heterocycles. The lowest BCUT2D eigenvalue weighted by Crippen LogP contribution is -2.35. The number of nitrogens with zero attached hydrogens (tertiary/aromatic N) is 3. The maximum absolute atomic E-state index is 12.1. The van der Waals surface area contributed by atoms with Crippen molar-refractivity contribution >= 4 is 29.0 Å². The van der Waals surface area contributed by atoms with Gasteiger partial charge in [-0.1, -0.05) is 49.9 Å². The van der Waals surface area contributed by atoms with Crippen molar-refractivity contribution in [3.8, 4) is 16.4 Å². The Morgan fingerprint density at radius 1 is 1.14 bits per heavy atom. The summed E-state index contributed by atoms with van der Waals surface area (Å²) in [6, 6.07) is 14.4. The van der Waals surface area contributed by atoms with E-state index >= 15 is 0 Å². The molecule has 148 valence electrons. The summed E-state index contributed by atoms with van der Waals surface area (Å²) in [5.41, 5.74) is 1.04. The highest BCUT2D eigenvalue weighted by Crippen LogP contribution is 2.30. The van der Waals surface area contributed by atoms with Crippen LogP contribution in [0.4, 0.5) is 0 Å². The summed E-state index contributed by atoms with van der Waals surface area (Å²) >= 11 is 3.29.